The van der Waals surface area contributed by atoms with E-state index < -0.39 is 5.54 Å². The van der Waals surface area contributed by atoms with Crippen LogP contribution in [0.25, 0.3) is 16.9 Å². The summed E-state index contributed by atoms with van der Waals surface area (Å²) in [6, 6.07) is 9.73. The molecule has 1 saturated carbocycles. The fourth-order valence-corrected chi connectivity index (χ4v) is 5.52. The van der Waals surface area contributed by atoms with Crippen LogP contribution in [0.2, 0.25) is 0 Å². The van der Waals surface area contributed by atoms with Crippen molar-refractivity contribution in [2.24, 2.45) is 5.92 Å². The van der Waals surface area contributed by atoms with Gasteiger partial charge in [0.05, 0.1) is 11.7 Å². The predicted octanol–water partition coefficient (Wildman–Crippen LogP) is 4.33. The van der Waals surface area contributed by atoms with Gasteiger partial charge in [0.25, 0.3) is 5.89 Å². The summed E-state index contributed by atoms with van der Waals surface area (Å²) in [5, 5.41) is 11.7. The van der Waals surface area contributed by atoms with Crippen LogP contribution in [-0.4, -0.2) is 41.7 Å². The molecule has 1 N–H and O–H groups in total. The molecule has 1 aromatic carbocycles. The molecule has 168 valence electrons. The summed E-state index contributed by atoms with van der Waals surface area (Å²) in [6.07, 6.45) is 6.35. The zero-order chi connectivity index (χ0) is 22.7. The minimum absolute atomic E-state index is 0.148. The molecule has 33 heavy (non-hydrogen) atoms. The maximum Gasteiger partial charge on any atom is 0.323 e. The van der Waals surface area contributed by atoms with Crippen molar-refractivity contribution in [3.8, 4) is 11.4 Å². The number of likely N-dealkylation sites (tertiary alicyclic amines) is 1. The van der Waals surface area contributed by atoms with E-state index in [0.29, 0.717) is 29.1 Å². The van der Waals surface area contributed by atoms with Gasteiger partial charge < -0.3 is 14.7 Å². The van der Waals surface area contributed by atoms with Crippen molar-refractivity contribution >= 4 is 17.2 Å². The van der Waals surface area contributed by atoms with Gasteiger partial charge in [0, 0.05) is 29.9 Å². The highest BCUT2D eigenvalue weighted by Gasteiger charge is 2.62. The number of hydrogen-bond donors (Lipinski definition) is 1. The lowest BCUT2D eigenvalue weighted by Gasteiger charge is -2.61. The van der Waals surface area contributed by atoms with Crippen LogP contribution in [0.1, 0.15) is 43.5 Å². The Kier molecular flexibility index (Phi) is 4.30. The Morgan fingerprint density at radius 2 is 2.12 bits per heavy atom. The van der Waals surface area contributed by atoms with Gasteiger partial charge in [-0.05, 0) is 62.4 Å². The molecule has 0 spiro atoms. The second-order valence-corrected chi connectivity index (χ2v) is 9.37. The highest BCUT2D eigenvalue weighted by Crippen LogP contribution is 2.55. The van der Waals surface area contributed by atoms with E-state index in [0.717, 1.165) is 35.9 Å². The summed E-state index contributed by atoms with van der Waals surface area (Å²) in [7, 11) is 0. The van der Waals surface area contributed by atoms with Gasteiger partial charge in [0.15, 0.2) is 11.6 Å². The summed E-state index contributed by atoms with van der Waals surface area (Å²) in [4.78, 5) is 24.4. The lowest BCUT2D eigenvalue weighted by molar-refractivity contribution is -0.111. The number of urea groups is 1. The fraction of sp³-hybridized carbons (Fsp3) is 0.375. The fourth-order valence-electron chi connectivity index (χ4n) is 5.52. The van der Waals surface area contributed by atoms with E-state index in [1.165, 1.54) is 0 Å². The number of anilines is 1. The highest BCUT2D eigenvalue weighted by atomic mass is 16.5. The zero-order valence-corrected chi connectivity index (χ0v) is 18.8. The van der Waals surface area contributed by atoms with Gasteiger partial charge in [-0.2, -0.15) is 4.98 Å². The van der Waals surface area contributed by atoms with E-state index in [2.05, 4.69) is 32.5 Å². The van der Waals surface area contributed by atoms with Gasteiger partial charge in [-0.25, -0.2) is 14.3 Å². The third-order valence-electron chi connectivity index (χ3n) is 6.91. The van der Waals surface area contributed by atoms with Crippen LogP contribution < -0.4 is 5.32 Å². The van der Waals surface area contributed by atoms with Crippen molar-refractivity contribution in [2.75, 3.05) is 5.32 Å². The molecule has 4 heterocycles. The van der Waals surface area contributed by atoms with Crippen LogP contribution in [-0.2, 0) is 5.54 Å². The number of aromatic nitrogens is 5. The van der Waals surface area contributed by atoms with Crippen molar-refractivity contribution < 1.29 is 9.32 Å². The number of fused-ring (bicyclic) bond motifs is 3. The lowest BCUT2D eigenvalue weighted by Crippen LogP contribution is -2.70. The Morgan fingerprint density at radius 1 is 1.24 bits per heavy atom. The van der Waals surface area contributed by atoms with Gasteiger partial charge in [-0.15, -0.1) is 5.10 Å². The second kappa shape index (κ2) is 7.13. The molecule has 0 unspecified atom stereocenters. The standard InChI is InChI=1S/C24H25N7O2/c1-14-9-19-12-24(11-14,22-26-16(3)29-33-22)31(19)23(32)27-17-7-6-15(2)20(10-17)21-25-13-18-5-4-8-30(18)28-21/h4-8,10,13-14,19H,9,11-12H2,1-3H3,(H,27,32)/t14-,19-,24+/m0/s1. The first-order valence-electron chi connectivity index (χ1n) is 11.3. The van der Waals surface area contributed by atoms with Gasteiger partial charge in [0.2, 0.25) is 0 Å². The molecule has 3 aromatic heterocycles. The Morgan fingerprint density at radius 3 is 2.94 bits per heavy atom. The van der Waals surface area contributed by atoms with Crippen molar-refractivity contribution in [1.29, 1.82) is 0 Å². The van der Waals surface area contributed by atoms with Crippen molar-refractivity contribution in [3.63, 3.8) is 0 Å². The molecule has 0 radical (unpaired) electrons. The maximum absolute atomic E-state index is 13.5. The quantitative estimate of drug-likeness (QED) is 0.506. The molecule has 2 fully saturated rings. The van der Waals surface area contributed by atoms with E-state index >= 15 is 0 Å². The van der Waals surface area contributed by atoms with Crippen molar-refractivity contribution in [2.45, 2.75) is 51.6 Å². The summed E-state index contributed by atoms with van der Waals surface area (Å²) in [5.74, 6) is 2.23. The van der Waals surface area contributed by atoms with E-state index in [-0.39, 0.29) is 12.1 Å². The number of nitrogens with one attached hydrogen (secondary N) is 1. The van der Waals surface area contributed by atoms with Gasteiger partial charge >= 0.3 is 6.03 Å². The van der Waals surface area contributed by atoms with Crippen LogP contribution in [0.5, 0.6) is 0 Å². The average molecular weight is 444 g/mol. The van der Waals surface area contributed by atoms with Crippen LogP contribution >= 0.6 is 0 Å². The first-order chi connectivity index (χ1) is 15.9. The van der Waals surface area contributed by atoms with E-state index in [9.17, 15) is 4.79 Å². The molecule has 1 aliphatic heterocycles. The maximum atomic E-state index is 13.5. The molecule has 4 aromatic rings. The summed E-state index contributed by atoms with van der Waals surface area (Å²) in [5.41, 5.74) is 3.02. The normalized spacial score (nSPS) is 24.0. The molecule has 2 bridgehead atoms. The molecule has 2 aliphatic rings. The Labute approximate surface area is 190 Å². The molecular formula is C24H25N7O2. The first kappa shape index (κ1) is 19.9. The third kappa shape index (κ3) is 3.10. The largest absolute Gasteiger partial charge is 0.337 e. The van der Waals surface area contributed by atoms with Gasteiger partial charge in [-0.1, -0.05) is 18.1 Å². The first-order valence-corrected chi connectivity index (χ1v) is 11.3. The number of piperidine rings is 1. The zero-order valence-electron chi connectivity index (χ0n) is 18.8. The Bertz CT molecular complexity index is 1380. The number of rotatable bonds is 3. The van der Waals surface area contributed by atoms with E-state index in [4.69, 9.17) is 4.52 Å². The summed E-state index contributed by atoms with van der Waals surface area (Å²) < 4.78 is 7.34. The van der Waals surface area contributed by atoms with Crippen molar-refractivity contribution in [1.82, 2.24) is 29.6 Å². The van der Waals surface area contributed by atoms with E-state index in [1.807, 2.05) is 48.4 Å². The average Bonchev–Trinajstić information content (AvgIpc) is 3.43. The molecule has 3 atom stereocenters. The van der Waals surface area contributed by atoms with Crippen molar-refractivity contribution in [3.05, 3.63) is 60.0 Å². The van der Waals surface area contributed by atoms with Gasteiger partial charge in [-0.3, -0.25) is 0 Å². The monoisotopic (exact) mass is 443 g/mol. The summed E-state index contributed by atoms with van der Waals surface area (Å²) in [6.45, 7) is 6.03. The Hall–Kier alpha value is -3.75. The topological polar surface area (TPSA) is 101 Å². The summed E-state index contributed by atoms with van der Waals surface area (Å²) >= 11 is 0. The molecular weight excluding hydrogens is 418 g/mol. The second-order valence-electron chi connectivity index (χ2n) is 9.37. The SMILES string of the molecule is Cc1noc([C@@]23C[C@@H](C)C[C@@H](C2)N3C(=O)Nc2ccc(C)c(-c3ncc4cccn4n3)c2)n1. The Balaban J connectivity index is 1.30. The molecule has 1 saturated heterocycles. The van der Waals surface area contributed by atoms with Crippen LogP contribution in [0.15, 0.2) is 47.2 Å². The third-order valence-corrected chi connectivity index (χ3v) is 6.91. The minimum Gasteiger partial charge on any atom is -0.337 e. The number of carbonyl (C=O) groups is 1. The predicted molar refractivity (Wildman–Crippen MR) is 122 cm³/mol. The number of aryl methyl sites for hydroxylation is 2. The lowest BCUT2D eigenvalue weighted by atomic mass is 9.64. The molecule has 9 nitrogen and oxygen atoms in total. The smallest absolute Gasteiger partial charge is 0.323 e. The number of amides is 2. The number of carbonyl (C=O) groups excluding carboxylic acids is 1. The number of benzene rings is 1. The molecule has 9 heteroatoms. The molecule has 2 amide bonds. The molecule has 1 aliphatic carbocycles. The van der Waals surface area contributed by atoms with Gasteiger partial charge in [0.1, 0.15) is 5.54 Å². The minimum atomic E-state index is -0.524. The van der Waals surface area contributed by atoms with Crippen LogP contribution in [0.4, 0.5) is 10.5 Å². The van der Waals surface area contributed by atoms with Crippen LogP contribution in [0.3, 0.4) is 0 Å². The molecule has 6 rings (SSSR count). The number of nitrogens with zero attached hydrogens (tertiary/aromatic N) is 6. The van der Waals surface area contributed by atoms with E-state index in [1.54, 1.807) is 17.6 Å². The number of hydrogen-bond acceptors (Lipinski definition) is 6. The highest BCUT2D eigenvalue weighted by molar-refractivity contribution is 5.92. The van der Waals surface area contributed by atoms with Crippen LogP contribution in [0, 0.1) is 19.8 Å².